The first-order valence-electron chi connectivity index (χ1n) is 5.61. The molecule has 0 aliphatic rings. The van der Waals surface area contributed by atoms with Crippen molar-refractivity contribution in [1.82, 2.24) is 10.2 Å². The Morgan fingerprint density at radius 3 is 2.26 bits per heavy atom. The summed E-state index contributed by atoms with van der Waals surface area (Å²) < 4.78 is 5.57. The van der Waals surface area contributed by atoms with Gasteiger partial charge in [-0.25, -0.2) is 0 Å². The molecular formula is C14H9ClN2O2. The van der Waals surface area contributed by atoms with Crippen molar-refractivity contribution in [3.8, 4) is 28.7 Å². The number of aromatic hydroxyl groups is 1. The fraction of sp³-hybridized carbons (Fsp3) is 0. The monoisotopic (exact) mass is 272 g/mol. The summed E-state index contributed by atoms with van der Waals surface area (Å²) in [6, 6.07) is 13.8. The minimum atomic E-state index is 0.156. The van der Waals surface area contributed by atoms with Crippen LogP contribution in [0.3, 0.4) is 0 Å². The predicted octanol–water partition coefficient (Wildman–Crippen LogP) is 3.76. The molecule has 0 spiro atoms. The van der Waals surface area contributed by atoms with Crippen LogP contribution >= 0.6 is 11.6 Å². The molecule has 1 heterocycles. The molecule has 3 aromatic rings. The van der Waals surface area contributed by atoms with E-state index in [1.54, 1.807) is 36.4 Å². The van der Waals surface area contributed by atoms with Gasteiger partial charge in [0.15, 0.2) is 0 Å². The molecule has 2 aromatic carbocycles. The molecule has 0 bridgehead atoms. The Labute approximate surface area is 114 Å². The summed E-state index contributed by atoms with van der Waals surface area (Å²) in [5.74, 6) is 0.930. The van der Waals surface area contributed by atoms with Crippen LogP contribution in [-0.2, 0) is 0 Å². The lowest BCUT2D eigenvalue weighted by molar-refractivity contribution is 0.475. The van der Waals surface area contributed by atoms with E-state index in [1.165, 1.54) is 0 Å². The van der Waals surface area contributed by atoms with E-state index in [0.717, 1.165) is 5.56 Å². The summed E-state index contributed by atoms with van der Waals surface area (Å²) in [4.78, 5) is 0. The number of benzene rings is 2. The van der Waals surface area contributed by atoms with Gasteiger partial charge >= 0.3 is 0 Å². The zero-order valence-corrected chi connectivity index (χ0v) is 10.5. The molecule has 0 aliphatic carbocycles. The Kier molecular flexibility index (Phi) is 2.93. The van der Waals surface area contributed by atoms with Crippen molar-refractivity contribution in [2.75, 3.05) is 0 Å². The van der Waals surface area contributed by atoms with Crippen molar-refractivity contribution < 1.29 is 9.52 Å². The second kappa shape index (κ2) is 4.74. The van der Waals surface area contributed by atoms with Crippen LogP contribution in [-0.4, -0.2) is 15.3 Å². The van der Waals surface area contributed by atoms with Gasteiger partial charge in [-0.1, -0.05) is 17.7 Å². The van der Waals surface area contributed by atoms with Gasteiger partial charge in [-0.15, -0.1) is 10.2 Å². The number of hydrogen-bond donors (Lipinski definition) is 1. The predicted molar refractivity (Wildman–Crippen MR) is 71.8 cm³/mol. The van der Waals surface area contributed by atoms with Gasteiger partial charge in [-0.05, 0) is 42.5 Å². The number of phenols is 1. The summed E-state index contributed by atoms with van der Waals surface area (Å²) in [5, 5.41) is 18.0. The third-order valence-corrected chi connectivity index (χ3v) is 2.86. The Morgan fingerprint density at radius 2 is 1.58 bits per heavy atom. The average molecular weight is 273 g/mol. The van der Waals surface area contributed by atoms with Crippen LogP contribution in [0.2, 0.25) is 5.02 Å². The number of rotatable bonds is 2. The van der Waals surface area contributed by atoms with Gasteiger partial charge in [0.1, 0.15) is 5.75 Å². The molecule has 0 aliphatic heterocycles. The lowest BCUT2D eigenvalue weighted by Gasteiger charge is -1.96. The molecule has 4 nitrogen and oxygen atoms in total. The first kappa shape index (κ1) is 11.7. The smallest absolute Gasteiger partial charge is 0.248 e. The zero-order valence-electron chi connectivity index (χ0n) is 9.75. The third-order valence-electron chi connectivity index (χ3n) is 2.61. The number of halogens is 1. The van der Waals surface area contributed by atoms with E-state index in [0.29, 0.717) is 22.4 Å². The summed E-state index contributed by atoms with van der Waals surface area (Å²) in [6.45, 7) is 0. The van der Waals surface area contributed by atoms with Gasteiger partial charge in [-0.2, -0.15) is 0 Å². The molecule has 0 radical (unpaired) electrons. The van der Waals surface area contributed by atoms with E-state index >= 15 is 0 Å². The van der Waals surface area contributed by atoms with Crippen LogP contribution in [0.5, 0.6) is 5.75 Å². The van der Waals surface area contributed by atoms with Crippen LogP contribution in [0.15, 0.2) is 52.9 Å². The van der Waals surface area contributed by atoms with Crippen LogP contribution in [0.25, 0.3) is 22.9 Å². The summed E-state index contributed by atoms with van der Waals surface area (Å²) in [6.07, 6.45) is 0. The molecule has 94 valence electrons. The molecular weight excluding hydrogens is 264 g/mol. The molecule has 19 heavy (non-hydrogen) atoms. The number of hydrogen-bond acceptors (Lipinski definition) is 4. The molecule has 0 atom stereocenters. The minimum Gasteiger partial charge on any atom is -0.508 e. The van der Waals surface area contributed by atoms with Gasteiger partial charge in [0, 0.05) is 16.1 Å². The van der Waals surface area contributed by atoms with E-state index < -0.39 is 0 Å². The summed E-state index contributed by atoms with van der Waals surface area (Å²) >= 11 is 5.82. The fourth-order valence-electron chi connectivity index (χ4n) is 1.69. The highest BCUT2D eigenvalue weighted by molar-refractivity contribution is 6.30. The van der Waals surface area contributed by atoms with Crippen molar-refractivity contribution >= 4 is 11.6 Å². The number of phenolic OH excluding ortho intramolecular Hbond substituents is 1. The van der Waals surface area contributed by atoms with E-state index in [-0.39, 0.29) is 5.75 Å². The Hall–Kier alpha value is -2.33. The molecule has 1 N–H and O–H groups in total. The maximum atomic E-state index is 9.42. The topological polar surface area (TPSA) is 59.2 Å². The van der Waals surface area contributed by atoms with Crippen molar-refractivity contribution in [1.29, 1.82) is 0 Å². The van der Waals surface area contributed by atoms with E-state index in [1.807, 2.05) is 12.1 Å². The van der Waals surface area contributed by atoms with Gasteiger partial charge in [0.2, 0.25) is 11.8 Å². The van der Waals surface area contributed by atoms with E-state index in [4.69, 9.17) is 16.0 Å². The maximum absolute atomic E-state index is 9.42. The summed E-state index contributed by atoms with van der Waals surface area (Å²) in [7, 11) is 0. The van der Waals surface area contributed by atoms with Crippen LogP contribution in [0, 0.1) is 0 Å². The highest BCUT2D eigenvalue weighted by Gasteiger charge is 2.10. The lowest BCUT2D eigenvalue weighted by atomic mass is 10.2. The second-order valence-electron chi connectivity index (χ2n) is 3.97. The largest absolute Gasteiger partial charge is 0.508 e. The molecule has 3 rings (SSSR count). The molecule has 0 unspecified atom stereocenters. The Morgan fingerprint density at radius 1 is 0.895 bits per heavy atom. The first-order valence-corrected chi connectivity index (χ1v) is 5.99. The maximum Gasteiger partial charge on any atom is 0.248 e. The van der Waals surface area contributed by atoms with Gasteiger partial charge in [0.25, 0.3) is 0 Å². The molecule has 0 saturated carbocycles. The van der Waals surface area contributed by atoms with Crippen molar-refractivity contribution in [3.63, 3.8) is 0 Å². The zero-order chi connectivity index (χ0) is 13.2. The van der Waals surface area contributed by atoms with Crippen LogP contribution in [0.1, 0.15) is 0 Å². The minimum absolute atomic E-state index is 0.156. The van der Waals surface area contributed by atoms with Crippen molar-refractivity contribution in [2.24, 2.45) is 0 Å². The van der Waals surface area contributed by atoms with Crippen LogP contribution < -0.4 is 0 Å². The molecule has 0 amide bonds. The molecule has 1 aromatic heterocycles. The molecule has 0 saturated heterocycles. The van der Waals surface area contributed by atoms with Crippen LogP contribution in [0.4, 0.5) is 0 Å². The van der Waals surface area contributed by atoms with Gasteiger partial charge in [-0.3, -0.25) is 0 Å². The fourth-order valence-corrected chi connectivity index (χ4v) is 1.81. The number of nitrogens with zero attached hydrogens (tertiary/aromatic N) is 2. The van der Waals surface area contributed by atoms with Crippen molar-refractivity contribution in [3.05, 3.63) is 53.6 Å². The van der Waals surface area contributed by atoms with E-state index in [9.17, 15) is 5.11 Å². The molecule has 5 heteroatoms. The van der Waals surface area contributed by atoms with Crippen molar-refractivity contribution in [2.45, 2.75) is 0 Å². The lowest BCUT2D eigenvalue weighted by Crippen LogP contribution is -1.77. The highest BCUT2D eigenvalue weighted by Crippen LogP contribution is 2.26. The SMILES string of the molecule is Oc1cccc(-c2nnc(-c3ccc(Cl)cc3)o2)c1. The highest BCUT2D eigenvalue weighted by atomic mass is 35.5. The normalized spacial score (nSPS) is 10.6. The third kappa shape index (κ3) is 2.44. The number of aromatic nitrogens is 2. The second-order valence-corrected chi connectivity index (χ2v) is 4.41. The van der Waals surface area contributed by atoms with Gasteiger partial charge < -0.3 is 9.52 Å². The standard InChI is InChI=1S/C14H9ClN2O2/c15-11-6-4-9(5-7-11)13-16-17-14(19-13)10-2-1-3-12(18)8-10/h1-8,18H. The Balaban J connectivity index is 1.97. The average Bonchev–Trinajstić information content (AvgIpc) is 2.89. The summed E-state index contributed by atoms with van der Waals surface area (Å²) in [5.41, 5.74) is 1.47. The quantitative estimate of drug-likeness (QED) is 0.771. The first-order chi connectivity index (χ1) is 9.22. The van der Waals surface area contributed by atoms with E-state index in [2.05, 4.69) is 10.2 Å². The molecule has 0 fully saturated rings. The Bertz CT molecular complexity index is 707. The van der Waals surface area contributed by atoms with Gasteiger partial charge in [0.05, 0.1) is 0 Å².